The molecule has 1 amide bonds. The number of carbonyl (C=O) groups excluding carboxylic acids is 1. The monoisotopic (exact) mass is 242 g/mol. The zero-order chi connectivity index (χ0) is 13.5. The molecule has 2 N–H and O–H groups in total. The smallest absolute Gasteiger partial charge is 0.411 e. The Balaban J connectivity index is 4.37. The van der Waals surface area contributed by atoms with Gasteiger partial charge in [-0.25, -0.2) is 4.79 Å². The number of amides is 1. The number of alkyl carbamates (subject to hydrolysis) is 1. The van der Waals surface area contributed by atoms with Crippen LogP contribution in [0.2, 0.25) is 0 Å². The van der Waals surface area contributed by atoms with Crippen LogP contribution in [0.25, 0.3) is 0 Å². The van der Waals surface area contributed by atoms with Crippen LogP contribution in [0.1, 0.15) is 34.6 Å². The topological polar surface area (TPSA) is 71.4 Å². The van der Waals surface area contributed by atoms with Crippen molar-refractivity contribution in [2.24, 2.45) is 0 Å². The number of nitrogens with one attached hydrogen (secondary N) is 2. The molecule has 0 aromatic heterocycles. The van der Waals surface area contributed by atoms with Gasteiger partial charge in [0.2, 0.25) is 0 Å². The van der Waals surface area contributed by atoms with E-state index in [1.165, 1.54) is 6.20 Å². The van der Waals surface area contributed by atoms with Crippen LogP contribution >= 0.6 is 0 Å². The molecule has 0 saturated carbocycles. The number of hydrogen-bond donors (Lipinski definition) is 2. The van der Waals surface area contributed by atoms with E-state index in [4.69, 9.17) is 14.9 Å². The highest BCUT2D eigenvalue weighted by Crippen LogP contribution is 2.07. The molecule has 17 heavy (non-hydrogen) atoms. The SMILES string of the molecule is CCOC(C)/C(C=N)=C/NC(=O)OC(C)(C)C. The Hall–Kier alpha value is -1.36. The van der Waals surface area contributed by atoms with Gasteiger partial charge in [0.25, 0.3) is 0 Å². The van der Waals surface area contributed by atoms with E-state index in [1.54, 1.807) is 20.8 Å². The predicted molar refractivity (Wildman–Crippen MR) is 67.3 cm³/mol. The highest BCUT2D eigenvalue weighted by Gasteiger charge is 2.15. The van der Waals surface area contributed by atoms with E-state index in [2.05, 4.69) is 5.32 Å². The number of ether oxygens (including phenoxy) is 2. The summed E-state index contributed by atoms with van der Waals surface area (Å²) in [6, 6.07) is 0. The maximum Gasteiger partial charge on any atom is 0.411 e. The first-order chi connectivity index (χ1) is 7.80. The fourth-order valence-electron chi connectivity index (χ4n) is 1.07. The van der Waals surface area contributed by atoms with Gasteiger partial charge in [0.15, 0.2) is 0 Å². The average molecular weight is 242 g/mol. The van der Waals surface area contributed by atoms with Crippen LogP contribution in [0.4, 0.5) is 4.79 Å². The van der Waals surface area contributed by atoms with E-state index >= 15 is 0 Å². The number of carbonyl (C=O) groups is 1. The van der Waals surface area contributed by atoms with E-state index in [1.807, 2.05) is 13.8 Å². The van der Waals surface area contributed by atoms with Gasteiger partial charge in [-0.3, -0.25) is 5.32 Å². The molecule has 0 fully saturated rings. The third-order valence-electron chi connectivity index (χ3n) is 1.81. The maximum atomic E-state index is 11.4. The first-order valence-electron chi connectivity index (χ1n) is 5.61. The summed E-state index contributed by atoms with van der Waals surface area (Å²) in [6.07, 6.45) is 1.81. The second kappa shape index (κ2) is 7.06. The van der Waals surface area contributed by atoms with Crippen molar-refractivity contribution in [1.82, 2.24) is 5.32 Å². The predicted octanol–water partition coefficient (Wildman–Crippen LogP) is 2.47. The van der Waals surface area contributed by atoms with Crippen molar-refractivity contribution in [2.75, 3.05) is 6.61 Å². The van der Waals surface area contributed by atoms with Gasteiger partial charge in [-0.05, 0) is 34.6 Å². The van der Waals surface area contributed by atoms with Crippen LogP contribution in [-0.2, 0) is 9.47 Å². The quantitative estimate of drug-likeness (QED) is 0.727. The lowest BCUT2D eigenvalue weighted by Crippen LogP contribution is -2.30. The Kier molecular flexibility index (Phi) is 6.50. The van der Waals surface area contributed by atoms with E-state index in [0.717, 1.165) is 6.21 Å². The van der Waals surface area contributed by atoms with Crippen LogP contribution in [0, 0.1) is 5.41 Å². The lowest BCUT2D eigenvalue weighted by atomic mass is 10.2. The summed E-state index contributed by atoms with van der Waals surface area (Å²) >= 11 is 0. The third-order valence-corrected chi connectivity index (χ3v) is 1.81. The molecule has 0 aliphatic heterocycles. The van der Waals surface area contributed by atoms with E-state index in [0.29, 0.717) is 12.2 Å². The zero-order valence-corrected chi connectivity index (χ0v) is 11.2. The molecule has 0 aromatic carbocycles. The molecule has 0 aliphatic carbocycles. The molecule has 98 valence electrons. The summed E-state index contributed by atoms with van der Waals surface area (Å²) in [6.45, 7) is 9.61. The molecule has 0 radical (unpaired) electrons. The second-order valence-corrected chi connectivity index (χ2v) is 4.53. The Labute approximate surface area is 103 Å². The van der Waals surface area contributed by atoms with Crippen molar-refractivity contribution >= 4 is 12.3 Å². The minimum Gasteiger partial charge on any atom is -0.444 e. The summed E-state index contributed by atoms with van der Waals surface area (Å²) < 4.78 is 10.4. The van der Waals surface area contributed by atoms with Crippen LogP contribution in [0.15, 0.2) is 11.8 Å². The molecule has 5 heteroatoms. The van der Waals surface area contributed by atoms with Gasteiger partial charge in [-0.1, -0.05) is 0 Å². The average Bonchev–Trinajstić information content (AvgIpc) is 2.16. The van der Waals surface area contributed by atoms with Gasteiger partial charge in [-0.15, -0.1) is 0 Å². The fraction of sp³-hybridized carbons (Fsp3) is 0.667. The van der Waals surface area contributed by atoms with Gasteiger partial charge < -0.3 is 14.9 Å². The third kappa shape index (κ3) is 7.52. The summed E-state index contributed by atoms with van der Waals surface area (Å²) in [5, 5.41) is 9.70. The van der Waals surface area contributed by atoms with Crippen molar-refractivity contribution < 1.29 is 14.3 Å². The number of rotatable bonds is 5. The lowest BCUT2D eigenvalue weighted by Gasteiger charge is -2.19. The van der Waals surface area contributed by atoms with Gasteiger partial charge in [-0.2, -0.15) is 0 Å². The first kappa shape index (κ1) is 15.6. The highest BCUT2D eigenvalue weighted by atomic mass is 16.6. The van der Waals surface area contributed by atoms with Crippen molar-refractivity contribution in [3.05, 3.63) is 11.8 Å². The second-order valence-electron chi connectivity index (χ2n) is 4.53. The maximum absolute atomic E-state index is 11.4. The van der Waals surface area contributed by atoms with Crippen molar-refractivity contribution in [1.29, 1.82) is 5.41 Å². The Morgan fingerprint density at radius 2 is 2.06 bits per heavy atom. The largest absolute Gasteiger partial charge is 0.444 e. The molecule has 0 heterocycles. The van der Waals surface area contributed by atoms with Crippen LogP contribution < -0.4 is 5.32 Å². The minimum absolute atomic E-state index is 0.229. The normalized spacial score (nSPS) is 14.1. The molecular weight excluding hydrogens is 220 g/mol. The molecule has 0 aliphatic rings. The van der Waals surface area contributed by atoms with Crippen LogP contribution in [-0.4, -0.2) is 30.6 Å². The van der Waals surface area contributed by atoms with Gasteiger partial charge in [0, 0.05) is 24.6 Å². The molecule has 0 rings (SSSR count). The molecule has 0 saturated heterocycles. The summed E-state index contributed by atoms with van der Waals surface area (Å²) in [5.41, 5.74) is 0.0478. The summed E-state index contributed by atoms with van der Waals surface area (Å²) in [7, 11) is 0. The minimum atomic E-state index is -0.541. The zero-order valence-electron chi connectivity index (χ0n) is 11.2. The molecule has 0 aromatic rings. The van der Waals surface area contributed by atoms with Crippen LogP contribution in [0.5, 0.6) is 0 Å². The summed E-state index contributed by atoms with van der Waals surface area (Å²) in [5.74, 6) is 0. The molecule has 5 nitrogen and oxygen atoms in total. The van der Waals surface area contributed by atoms with Crippen molar-refractivity contribution in [3.63, 3.8) is 0 Å². The van der Waals surface area contributed by atoms with Gasteiger partial charge >= 0.3 is 6.09 Å². The number of hydrogen-bond acceptors (Lipinski definition) is 4. The van der Waals surface area contributed by atoms with Gasteiger partial charge in [0.1, 0.15) is 5.60 Å². The highest BCUT2D eigenvalue weighted by molar-refractivity contribution is 5.78. The van der Waals surface area contributed by atoms with Crippen molar-refractivity contribution in [2.45, 2.75) is 46.3 Å². The van der Waals surface area contributed by atoms with Crippen molar-refractivity contribution in [3.8, 4) is 0 Å². The van der Waals surface area contributed by atoms with Crippen LogP contribution in [0.3, 0.4) is 0 Å². The standard InChI is InChI=1S/C12H22N2O3/c1-6-16-9(2)10(7-13)8-14-11(15)17-12(3,4)5/h7-9,13H,6H2,1-5H3,(H,14,15)/b10-8+,13-7?. The van der Waals surface area contributed by atoms with E-state index in [9.17, 15) is 4.79 Å². The molecule has 1 atom stereocenters. The van der Waals surface area contributed by atoms with E-state index in [-0.39, 0.29) is 6.10 Å². The van der Waals surface area contributed by atoms with Gasteiger partial charge in [0.05, 0.1) is 6.10 Å². The molecule has 1 unspecified atom stereocenters. The van der Waals surface area contributed by atoms with E-state index < -0.39 is 11.7 Å². The Morgan fingerprint density at radius 1 is 1.47 bits per heavy atom. The lowest BCUT2D eigenvalue weighted by molar-refractivity contribution is 0.0550. The summed E-state index contributed by atoms with van der Waals surface area (Å²) in [4.78, 5) is 11.4. The Morgan fingerprint density at radius 3 is 2.47 bits per heavy atom. The molecular formula is C12H22N2O3. The Bertz CT molecular complexity index is 293. The first-order valence-corrected chi connectivity index (χ1v) is 5.61. The fourth-order valence-corrected chi connectivity index (χ4v) is 1.07. The molecule has 0 spiro atoms. The molecule has 0 bridgehead atoms.